The largest absolute Gasteiger partial charge is 0.314 e. The van der Waals surface area contributed by atoms with Gasteiger partial charge in [-0.05, 0) is 63.1 Å². The molecule has 0 spiro atoms. The maximum atomic E-state index is 3.76. The number of piperidine rings is 1. The molecular weight excluding hydrogens is 252 g/mol. The third-order valence-corrected chi connectivity index (χ3v) is 6.07. The summed E-state index contributed by atoms with van der Waals surface area (Å²) in [5.41, 5.74) is 0. The van der Waals surface area contributed by atoms with Crippen LogP contribution in [0.5, 0.6) is 0 Å². The third-order valence-electron chi connectivity index (χ3n) is 5.17. The van der Waals surface area contributed by atoms with Crippen LogP contribution in [-0.2, 0) is 6.42 Å². The standard InChI is InChI=1S/C16H26N2S/c1-3-17-16(11-15-5-4-8-19-15)12-9-13-6-7-14(10-12)18(13)2/h4-5,8,12-14,16-17H,3,6-7,9-11H2,1-2H3. The molecule has 2 fully saturated rings. The summed E-state index contributed by atoms with van der Waals surface area (Å²) in [5, 5.41) is 5.97. The Hall–Kier alpha value is -0.380. The molecular formula is C16H26N2S. The molecule has 19 heavy (non-hydrogen) atoms. The molecule has 3 heterocycles. The molecule has 3 unspecified atom stereocenters. The molecule has 2 aliphatic heterocycles. The fourth-order valence-corrected chi connectivity index (χ4v) is 4.86. The number of hydrogen-bond donors (Lipinski definition) is 1. The summed E-state index contributed by atoms with van der Waals surface area (Å²) in [4.78, 5) is 4.18. The van der Waals surface area contributed by atoms with Crippen molar-refractivity contribution in [3.05, 3.63) is 22.4 Å². The number of hydrogen-bond acceptors (Lipinski definition) is 3. The predicted molar refractivity (Wildman–Crippen MR) is 82.8 cm³/mol. The van der Waals surface area contributed by atoms with Gasteiger partial charge in [-0.3, -0.25) is 0 Å². The Bertz CT molecular complexity index is 375. The Morgan fingerprint density at radius 1 is 1.37 bits per heavy atom. The first kappa shape index (κ1) is 13.6. The molecule has 2 aliphatic rings. The zero-order valence-corrected chi connectivity index (χ0v) is 13.0. The number of nitrogens with one attached hydrogen (secondary N) is 1. The van der Waals surface area contributed by atoms with E-state index in [1.165, 1.54) is 37.0 Å². The fraction of sp³-hybridized carbons (Fsp3) is 0.750. The Morgan fingerprint density at radius 3 is 2.68 bits per heavy atom. The summed E-state index contributed by atoms with van der Waals surface area (Å²) in [6.07, 6.45) is 6.87. The number of rotatable bonds is 5. The lowest BCUT2D eigenvalue weighted by molar-refractivity contribution is 0.113. The summed E-state index contributed by atoms with van der Waals surface area (Å²) < 4.78 is 0. The van der Waals surface area contributed by atoms with Crippen LogP contribution in [0.3, 0.4) is 0 Å². The summed E-state index contributed by atoms with van der Waals surface area (Å²) in [6, 6.07) is 6.86. The number of likely N-dealkylation sites (N-methyl/N-ethyl adjacent to an activating group) is 1. The van der Waals surface area contributed by atoms with E-state index in [0.717, 1.165) is 24.5 Å². The van der Waals surface area contributed by atoms with Gasteiger partial charge in [0.1, 0.15) is 0 Å². The first-order valence-electron chi connectivity index (χ1n) is 7.75. The van der Waals surface area contributed by atoms with Crippen molar-refractivity contribution in [2.75, 3.05) is 13.6 Å². The highest BCUT2D eigenvalue weighted by atomic mass is 32.1. The quantitative estimate of drug-likeness (QED) is 0.890. The van der Waals surface area contributed by atoms with Crippen LogP contribution >= 0.6 is 11.3 Å². The molecule has 2 bridgehead atoms. The molecule has 0 aromatic carbocycles. The molecule has 3 atom stereocenters. The molecule has 2 nitrogen and oxygen atoms in total. The Labute approximate surface area is 121 Å². The van der Waals surface area contributed by atoms with Gasteiger partial charge < -0.3 is 10.2 Å². The van der Waals surface area contributed by atoms with Crippen molar-refractivity contribution in [3.8, 4) is 0 Å². The number of nitrogens with zero attached hydrogens (tertiary/aromatic N) is 1. The molecule has 1 aromatic heterocycles. The van der Waals surface area contributed by atoms with Crippen molar-refractivity contribution in [2.24, 2.45) is 5.92 Å². The van der Waals surface area contributed by atoms with Crippen molar-refractivity contribution in [1.82, 2.24) is 10.2 Å². The molecule has 2 saturated heterocycles. The van der Waals surface area contributed by atoms with Gasteiger partial charge in [0.05, 0.1) is 0 Å². The maximum absolute atomic E-state index is 3.76. The van der Waals surface area contributed by atoms with E-state index in [-0.39, 0.29) is 0 Å². The molecule has 0 aliphatic carbocycles. The van der Waals surface area contributed by atoms with Crippen molar-refractivity contribution in [2.45, 2.75) is 57.2 Å². The minimum absolute atomic E-state index is 0.681. The highest BCUT2D eigenvalue weighted by Crippen LogP contribution is 2.39. The van der Waals surface area contributed by atoms with Gasteiger partial charge in [0.25, 0.3) is 0 Å². The average Bonchev–Trinajstić information content (AvgIpc) is 2.95. The van der Waals surface area contributed by atoms with Crippen LogP contribution in [0.25, 0.3) is 0 Å². The van der Waals surface area contributed by atoms with E-state index >= 15 is 0 Å². The highest BCUT2D eigenvalue weighted by Gasteiger charge is 2.40. The summed E-state index contributed by atoms with van der Waals surface area (Å²) in [5.74, 6) is 0.871. The average molecular weight is 278 g/mol. The molecule has 1 aromatic rings. The van der Waals surface area contributed by atoms with Crippen molar-refractivity contribution in [3.63, 3.8) is 0 Å². The van der Waals surface area contributed by atoms with Gasteiger partial charge in [-0.1, -0.05) is 13.0 Å². The van der Waals surface area contributed by atoms with Crippen molar-refractivity contribution < 1.29 is 0 Å². The van der Waals surface area contributed by atoms with Crippen molar-refractivity contribution in [1.29, 1.82) is 0 Å². The van der Waals surface area contributed by atoms with Gasteiger partial charge in [0.2, 0.25) is 0 Å². The van der Waals surface area contributed by atoms with Crippen LogP contribution in [0.15, 0.2) is 17.5 Å². The van der Waals surface area contributed by atoms with Crippen LogP contribution in [0.2, 0.25) is 0 Å². The first-order valence-corrected chi connectivity index (χ1v) is 8.63. The molecule has 3 rings (SSSR count). The topological polar surface area (TPSA) is 15.3 Å². The molecule has 1 N–H and O–H groups in total. The summed E-state index contributed by atoms with van der Waals surface area (Å²) in [7, 11) is 2.33. The summed E-state index contributed by atoms with van der Waals surface area (Å²) in [6.45, 7) is 3.34. The minimum Gasteiger partial charge on any atom is -0.314 e. The normalized spacial score (nSPS) is 32.6. The van der Waals surface area contributed by atoms with Crippen LogP contribution in [0, 0.1) is 5.92 Å². The molecule has 0 saturated carbocycles. The fourth-order valence-electron chi connectivity index (χ4n) is 4.10. The molecule has 3 heteroatoms. The Balaban J connectivity index is 1.67. The number of thiophene rings is 1. The SMILES string of the molecule is CCNC(Cc1cccs1)C1CC2CCC(C1)N2C. The Morgan fingerprint density at radius 2 is 2.11 bits per heavy atom. The van der Waals surface area contributed by atoms with Gasteiger partial charge in [-0.25, -0.2) is 0 Å². The van der Waals surface area contributed by atoms with Crippen LogP contribution in [-0.4, -0.2) is 36.6 Å². The van der Waals surface area contributed by atoms with Gasteiger partial charge in [0, 0.05) is 23.0 Å². The van der Waals surface area contributed by atoms with Gasteiger partial charge >= 0.3 is 0 Å². The van der Waals surface area contributed by atoms with E-state index in [1.54, 1.807) is 0 Å². The maximum Gasteiger partial charge on any atom is 0.0145 e. The van der Waals surface area contributed by atoms with E-state index in [2.05, 4.69) is 41.7 Å². The zero-order chi connectivity index (χ0) is 13.2. The minimum atomic E-state index is 0.681. The van der Waals surface area contributed by atoms with E-state index in [1.807, 2.05) is 11.3 Å². The smallest absolute Gasteiger partial charge is 0.0145 e. The molecule has 0 amide bonds. The predicted octanol–water partition coefficient (Wildman–Crippen LogP) is 3.14. The monoisotopic (exact) mass is 278 g/mol. The van der Waals surface area contributed by atoms with Crippen LogP contribution in [0.1, 0.15) is 37.5 Å². The highest BCUT2D eigenvalue weighted by molar-refractivity contribution is 7.09. The van der Waals surface area contributed by atoms with Crippen molar-refractivity contribution >= 4 is 11.3 Å². The van der Waals surface area contributed by atoms with Crippen LogP contribution in [0.4, 0.5) is 0 Å². The van der Waals surface area contributed by atoms with E-state index in [4.69, 9.17) is 0 Å². The van der Waals surface area contributed by atoms with Crippen LogP contribution < -0.4 is 5.32 Å². The lowest BCUT2D eigenvalue weighted by atomic mass is 9.83. The first-order chi connectivity index (χ1) is 9.28. The second-order valence-corrected chi connectivity index (χ2v) is 7.26. The Kier molecular flexibility index (Phi) is 4.25. The van der Waals surface area contributed by atoms with E-state index in [9.17, 15) is 0 Å². The van der Waals surface area contributed by atoms with Gasteiger partial charge in [-0.15, -0.1) is 11.3 Å². The lowest BCUT2D eigenvalue weighted by Crippen LogP contribution is -2.47. The number of fused-ring (bicyclic) bond motifs is 2. The van der Waals surface area contributed by atoms with E-state index < -0.39 is 0 Å². The molecule has 106 valence electrons. The van der Waals surface area contributed by atoms with Gasteiger partial charge in [-0.2, -0.15) is 0 Å². The van der Waals surface area contributed by atoms with E-state index in [0.29, 0.717) is 6.04 Å². The zero-order valence-electron chi connectivity index (χ0n) is 12.1. The second kappa shape index (κ2) is 5.94. The molecule has 0 radical (unpaired) electrons. The summed E-state index contributed by atoms with van der Waals surface area (Å²) >= 11 is 1.91. The van der Waals surface area contributed by atoms with Gasteiger partial charge in [0.15, 0.2) is 0 Å². The third kappa shape index (κ3) is 2.88. The lowest BCUT2D eigenvalue weighted by Gasteiger charge is -2.40. The second-order valence-electron chi connectivity index (χ2n) is 6.23.